The summed E-state index contributed by atoms with van der Waals surface area (Å²) in [7, 11) is 1.29. The van der Waals surface area contributed by atoms with Crippen LogP contribution in [0.4, 0.5) is 0 Å². The van der Waals surface area contributed by atoms with E-state index < -0.39 is 17.5 Å². The molecule has 0 aliphatic rings. The lowest BCUT2D eigenvalue weighted by atomic mass is 10.2. The van der Waals surface area contributed by atoms with E-state index in [0.29, 0.717) is 10.4 Å². The molecular weight excluding hydrogens is 242 g/mol. The van der Waals surface area contributed by atoms with Crippen molar-refractivity contribution in [3.05, 3.63) is 16.1 Å². The van der Waals surface area contributed by atoms with Gasteiger partial charge in [0.05, 0.1) is 7.11 Å². The van der Waals surface area contributed by atoms with Crippen LogP contribution >= 0.6 is 11.5 Å². The number of hydrogen-bond donors (Lipinski definition) is 0. The molecule has 0 N–H and O–H groups in total. The van der Waals surface area contributed by atoms with E-state index in [1.807, 2.05) is 0 Å². The Labute approximate surface area is 104 Å². The molecule has 1 rings (SSSR count). The zero-order valence-electron chi connectivity index (χ0n) is 10.5. The summed E-state index contributed by atoms with van der Waals surface area (Å²) in [4.78, 5) is 23.5. The fraction of sp³-hybridized carbons (Fsp3) is 0.545. The maximum absolute atomic E-state index is 11.8. The molecule has 0 aromatic carbocycles. The Hall–Kier alpha value is -1.43. The number of esters is 2. The SMILES string of the molecule is COC(=O)c1snc(C(=O)OC(C)(C)C)c1C. The zero-order chi connectivity index (χ0) is 13.2. The monoisotopic (exact) mass is 257 g/mol. The maximum atomic E-state index is 11.8. The summed E-state index contributed by atoms with van der Waals surface area (Å²) < 4.78 is 13.7. The van der Waals surface area contributed by atoms with Crippen molar-refractivity contribution in [2.45, 2.75) is 33.3 Å². The van der Waals surface area contributed by atoms with Crippen molar-refractivity contribution in [2.75, 3.05) is 7.11 Å². The largest absolute Gasteiger partial charge is 0.465 e. The molecule has 1 aromatic heterocycles. The molecule has 1 aromatic rings. The van der Waals surface area contributed by atoms with Gasteiger partial charge in [-0.05, 0) is 39.2 Å². The van der Waals surface area contributed by atoms with Crippen molar-refractivity contribution >= 4 is 23.5 Å². The summed E-state index contributed by atoms with van der Waals surface area (Å²) in [5, 5.41) is 0. The molecule has 0 amide bonds. The van der Waals surface area contributed by atoms with Gasteiger partial charge >= 0.3 is 11.9 Å². The van der Waals surface area contributed by atoms with Gasteiger partial charge in [-0.25, -0.2) is 9.59 Å². The van der Waals surface area contributed by atoms with Gasteiger partial charge < -0.3 is 9.47 Å². The number of aromatic nitrogens is 1. The number of nitrogens with zero attached hydrogens (tertiary/aromatic N) is 1. The van der Waals surface area contributed by atoms with Crippen molar-refractivity contribution in [3.8, 4) is 0 Å². The Balaban J connectivity index is 2.97. The quantitative estimate of drug-likeness (QED) is 0.760. The molecule has 0 unspecified atom stereocenters. The first-order valence-corrected chi connectivity index (χ1v) is 5.81. The molecule has 0 fully saturated rings. The average molecular weight is 257 g/mol. The van der Waals surface area contributed by atoms with Crippen molar-refractivity contribution in [2.24, 2.45) is 0 Å². The highest BCUT2D eigenvalue weighted by atomic mass is 32.1. The van der Waals surface area contributed by atoms with Gasteiger partial charge in [0, 0.05) is 5.56 Å². The van der Waals surface area contributed by atoms with E-state index in [9.17, 15) is 9.59 Å². The van der Waals surface area contributed by atoms with E-state index >= 15 is 0 Å². The second-order valence-electron chi connectivity index (χ2n) is 4.48. The predicted octanol–water partition coefficient (Wildman–Crippen LogP) is 2.19. The molecule has 0 bridgehead atoms. The summed E-state index contributed by atoms with van der Waals surface area (Å²) >= 11 is 0.938. The fourth-order valence-electron chi connectivity index (χ4n) is 1.14. The molecule has 0 atom stereocenters. The Morgan fingerprint density at radius 1 is 1.24 bits per heavy atom. The van der Waals surface area contributed by atoms with Crippen LogP contribution in [-0.4, -0.2) is 29.0 Å². The lowest BCUT2D eigenvalue weighted by Gasteiger charge is -2.18. The lowest BCUT2D eigenvalue weighted by molar-refractivity contribution is 0.00634. The van der Waals surface area contributed by atoms with Crippen LogP contribution in [0.3, 0.4) is 0 Å². The standard InChI is InChI=1S/C11H15NO4S/c1-6-7(9(13)16-11(2,3)4)12-17-8(6)10(14)15-5/h1-5H3. The predicted molar refractivity (Wildman–Crippen MR) is 63.4 cm³/mol. The average Bonchev–Trinajstić information content (AvgIpc) is 2.56. The van der Waals surface area contributed by atoms with Gasteiger partial charge in [0.15, 0.2) is 5.69 Å². The van der Waals surface area contributed by atoms with Crippen LogP contribution in [0.2, 0.25) is 0 Å². The smallest absolute Gasteiger partial charge is 0.358 e. The summed E-state index contributed by atoms with van der Waals surface area (Å²) in [5.41, 5.74) is 0.0832. The molecule has 0 radical (unpaired) electrons. The molecule has 17 heavy (non-hydrogen) atoms. The molecule has 6 heteroatoms. The first kappa shape index (κ1) is 13.6. The topological polar surface area (TPSA) is 65.5 Å². The number of hydrogen-bond acceptors (Lipinski definition) is 6. The Kier molecular flexibility index (Phi) is 3.87. The zero-order valence-corrected chi connectivity index (χ0v) is 11.3. The number of methoxy groups -OCH3 is 1. The number of ether oxygens (including phenoxy) is 2. The van der Waals surface area contributed by atoms with Gasteiger partial charge in [0.1, 0.15) is 10.5 Å². The normalized spacial score (nSPS) is 11.1. The van der Waals surface area contributed by atoms with Crippen molar-refractivity contribution in [1.29, 1.82) is 0 Å². The molecule has 0 saturated heterocycles. The minimum absolute atomic E-state index is 0.172. The Bertz CT molecular complexity index is 445. The van der Waals surface area contributed by atoms with Crippen LogP contribution < -0.4 is 0 Å². The first-order valence-electron chi connectivity index (χ1n) is 5.04. The molecular formula is C11H15NO4S. The molecule has 0 saturated carbocycles. The highest BCUT2D eigenvalue weighted by Crippen LogP contribution is 2.21. The second-order valence-corrected chi connectivity index (χ2v) is 5.25. The van der Waals surface area contributed by atoms with Crippen LogP contribution in [0, 0.1) is 6.92 Å². The fourth-order valence-corrected chi connectivity index (χ4v) is 1.92. The van der Waals surface area contributed by atoms with Gasteiger partial charge in [-0.2, -0.15) is 4.37 Å². The van der Waals surface area contributed by atoms with Crippen molar-refractivity contribution < 1.29 is 19.1 Å². The van der Waals surface area contributed by atoms with E-state index in [0.717, 1.165) is 11.5 Å². The first-order chi connectivity index (χ1) is 7.76. The van der Waals surface area contributed by atoms with Crippen molar-refractivity contribution in [3.63, 3.8) is 0 Å². The Morgan fingerprint density at radius 2 is 1.82 bits per heavy atom. The van der Waals surface area contributed by atoms with E-state index in [2.05, 4.69) is 9.11 Å². The van der Waals surface area contributed by atoms with E-state index in [1.165, 1.54) is 7.11 Å². The number of rotatable bonds is 2. The van der Waals surface area contributed by atoms with Crippen LogP contribution in [0.1, 0.15) is 46.5 Å². The summed E-state index contributed by atoms with van der Waals surface area (Å²) in [5.74, 6) is -1.02. The van der Waals surface area contributed by atoms with Crippen LogP contribution in [0.5, 0.6) is 0 Å². The minimum Gasteiger partial charge on any atom is -0.465 e. The van der Waals surface area contributed by atoms with E-state index in [1.54, 1.807) is 27.7 Å². The molecule has 5 nitrogen and oxygen atoms in total. The van der Waals surface area contributed by atoms with E-state index in [4.69, 9.17) is 4.74 Å². The third-order valence-electron chi connectivity index (χ3n) is 1.89. The minimum atomic E-state index is -0.585. The van der Waals surface area contributed by atoms with Gasteiger partial charge in [-0.3, -0.25) is 0 Å². The Morgan fingerprint density at radius 3 is 2.29 bits per heavy atom. The maximum Gasteiger partial charge on any atom is 0.358 e. The van der Waals surface area contributed by atoms with Crippen molar-refractivity contribution in [1.82, 2.24) is 4.37 Å². The molecule has 0 aliphatic carbocycles. The molecule has 1 heterocycles. The van der Waals surface area contributed by atoms with Gasteiger partial charge in [0.2, 0.25) is 0 Å². The summed E-state index contributed by atoms with van der Waals surface area (Å²) in [6.07, 6.45) is 0. The molecule has 94 valence electrons. The lowest BCUT2D eigenvalue weighted by Crippen LogP contribution is -2.24. The summed E-state index contributed by atoms with van der Waals surface area (Å²) in [6, 6.07) is 0. The second kappa shape index (κ2) is 4.83. The third kappa shape index (κ3) is 3.26. The van der Waals surface area contributed by atoms with E-state index in [-0.39, 0.29) is 5.69 Å². The van der Waals surface area contributed by atoms with Gasteiger partial charge in [-0.15, -0.1) is 0 Å². The highest BCUT2D eigenvalue weighted by Gasteiger charge is 2.25. The van der Waals surface area contributed by atoms with Gasteiger partial charge in [-0.1, -0.05) is 0 Å². The van der Waals surface area contributed by atoms with Crippen LogP contribution in [0.15, 0.2) is 0 Å². The third-order valence-corrected chi connectivity index (χ3v) is 2.82. The number of carbonyl (C=O) groups is 2. The van der Waals surface area contributed by atoms with Crippen LogP contribution in [-0.2, 0) is 9.47 Å². The molecule has 0 aliphatic heterocycles. The highest BCUT2D eigenvalue weighted by molar-refractivity contribution is 7.08. The molecule has 0 spiro atoms. The van der Waals surface area contributed by atoms with Gasteiger partial charge in [0.25, 0.3) is 0 Å². The van der Waals surface area contributed by atoms with Crippen LogP contribution in [0.25, 0.3) is 0 Å². The summed E-state index contributed by atoms with van der Waals surface area (Å²) in [6.45, 7) is 6.96. The number of carbonyl (C=O) groups excluding carboxylic acids is 2.